The topological polar surface area (TPSA) is 55.4 Å². The van der Waals surface area contributed by atoms with Crippen LogP contribution in [0.3, 0.4) is 0 Å². The molecule has 0 fully saturated rings. The van der Waals surface area contributed by atoms with Crippen molar-refractivity contribution >= 4 is 21.6 Å². The van der Waals surface area contributed by atoms with Crippen LogP contribution in [0.15, 0.2) is 17.0 Å². The smallest absolute Gasteiger partial charge is 0.244 e. The molecule has 0 spiro atoms. The molecule has 1 aromatic carbocycles. The Morgan fingerprint density at radius 3 is 2.56 bits per heavy atom. The molecule has 4 nitrogen and oxygen atoms in total. The average Bonchev–Trinajstić information content (AvgIpc) is 2.31. The van der Waals surface area contributed by atoms with E-state index in [0.29, 0.717) is 23.9 Å². The Morgan fingerprint density at radius 2 is 2.00 bits per heavy atom. The summed E-state index contributed by atoms with van der Waals surface area (Å²) >= 11 is 5.98. The minimum Gasteiger partial charge on any atom is -0.492 e. The second-order valence-electron chi connectivity index (χ2n) is 3.88. The van der Waals surface area contributed by atoms with Crippen molar-refractivity contribution in [2.75, 3.05) is 13.2 Å². The molecule has 0 amide bonds. The van der Waals surface area contributed by atoms with Crippen molar-refractivity contribution in [3.8, 4) is 5.75 Å². The maximum absolute atomic E-state index is 12.1. The van der Waals surface area contributed by atoms with Gasteiger partial charge in [0, 0.05) is 11.6 Å². The van der Waals surface area contributed by atoms with E-state index in [1.165, 1.54) is 6.07 Å². The number of benzene rings is 1. The lowest BCUT2D eigenvalue weighted by Gasteiger charge is -2.13. The van der Waals surface area contributed by atoms with Crippen LogP contribution in [0.1, 0.15) is 25.8 Å². The Hall–Kier alpha value is -0.780. The van der Waals surface area contributed by atoms with E-state index in [4.69, 9.17) is 16.3 Å². The van der Waals surface area contributed by atoms with E-state index >= 15 is 0 Å². The van der Waals surface area contributed by atoms with Gasteiger partial charge in [-0.2, -0.15) is 0 Å². The zero-order valence-corrected chi connectivity index (χ0v) is 12.4. The van der Waals surface area contributed by atoms with Crippen LogP contribution in [0.25, 0.3) is 0 Å². The van der Waals surface area contributed by atoms with Crippen molar-refractivity contribution in [3.63, 3.8) is 0 Å². The molecule has 1 aromatic rings. The molecule has 0 saturated heterocycles. The van der Waals surface area contributed by atoms with Gasteiger partial charge >= 0.3 is 0 Å². The van der Waals surface area contributed by atoms with Crippen LogP contribution in [0, 0.1) is 6.92 Å². The summed E-state index contributed by atoms with van der Waals surface area (Å²) in [6.45, 7) is 6.30. The molecule has 0 aromatic heterocycles. The Labute approximate surface area is 113 Å². The maximum Gasteiger partial charge on any atom is 0.244 e. The summed E-state index contributed by atoms with van der Waals surface area (Å²) in [6, 6.07) is 3.08. The van der Waals surface area contributed by atoms with Gasteiger partial charge in [0.25, 0.3) is 0 Å². The summed E-state index contributed by atoms with van der Waals surface area (Å²) in [5.74, 6) is 0.336. The van der Waals surface area contributed by atoms with Gasteiger partial charge in [-0.1, -0.05) is 18.5 Å². The fourth-order valence-electron chi connectivity index (χ4n) is 1.43. The Kier molecular flexibility index (Phi) is 5.44. The van der Waals surface area contributed by atoms with Gasteiger partial charge in [0.05, 0.1) is 6.61 Å². The summed E-state index contributed by atoms with van der Waals surface area (Å²) in [7, 11) is -3.57. The lowest BCUT2D eigenvalue weighted by atomic mass is 10.2. The van der Waals surface area contributed by atoms with Crippen molar-refractivity contribution in [2.45, 2.75) is 32.1 Å². The van der Waals surface area contributed by atoms with Gasteiger partial charge in [0.2, 0.25) is 10.0 Å². The number of rotatable bonds is 6. The first kappa shape index (κ1) is 15.3. The highest BCUT2D eigenvalue weighted by Gasteiger charge is 2.20. The maximum atomic E-state index is 12.1. The molecule has 0 aliphatic heterocycles. The highest BCUT2D eigenvalue weighted by Crippen LogP contribution is 2.30. The Bertz CT molecular complexity index is 514. The predicted octanol–water partition coefficient (Wildman–Crippen LogP) is 2.74. The number of ether oxygens (including phenoxy) is 1. The van der Waals surface area contributed by atoms with E-state index in [2.05, 4.69) is 4.72 Å². The molecule has 18 heavy (non-hydrogen) atoms. The second-order valence-corrected chi connectivity index (χ2v) is 6.02. The first-order valence-corrected chi connectivity index (χ1v) is 7.71. The summed E-state index contributed by atoms with van der Waals surface area (Å²) in [5.41, 5.74) is 0.787. The molecular weight excluding hydrogens is 274 g/mol. The van der Waals surface area contributed by atoms with E-state index in [-0.39, 0.29) is 4.90 Å². The van der Waals surface area contributed by atoms with Gasteiger partial charge in [-0.3, -0.25) is 0 Å². The minimum absolute atomic E-state index is 0.0911. The first-order chi connectivity index (χ1) is 8.42. The molecule has 0 atom stereocenters. The Balaban J connectivity index is 3.24. The standard InChI is InChI=1S/C12H18ClNO3S/c1-4-6-14-18(15,16)12-8-10(13)9(3)7-11(12)17-5-2/h7-8,14H,4-6H2,1-3H3. The highest BCUT2D eigenvalue weighted by atomic mass is 35.5. The summed E-state index contributed by atoms with van der Waals surface area (Å²) < 4.78 is 32.1. The number of hydrogen-bond acceptors (Lipinski definition) is 3. The van der Waals surface area contributed by atoms with Gasteiger partial charge < -0.3 is 4.74 Å². The predicted molar refractivity (Wildman–Crippen MR) is 72.8 cm³/mol. The molecule has 0 heterocycles. The van der Waals surface area contributed by atoms with E-state index in [1.54, 1.807) is 19.9 Å². The number of sulfonamides is 1. The summed E-state index contributed by atoms with van der Waals surface area (Å²) in [4.78, 5) is 0.0911. The van der Waals surface area contributed by atoms with Crippen LogP contribution in [0.4, 0.5) is 0 Å². The zero-order chi connectivity index (χ0) is 13.8. The number of hydrogen-bond donors (Lipinski definition) is 1. The Morgan fingerprint density at radius 1 is 1.33 bits per heavy atom. The van der Waals surface area contributed by atoms with Crippen LogP contribution in [0.2, 0.25) is 5.02 Å². The molecule has 6 heteroatoms. The van der Waals surface area contributed by atoms with Gasteiger partial charge in [-0.05, 0) is 38.0 Å². The van der Waals surface area contributed by atoms with Gasteiger partial charge in [-0.15, -0.1) is 0 Å². The molecule has 0 bridgehead atoms. The average molecular weight is 292 g/mol. The van der Waals surface area contributed by atoms with Crippen LogP contribution in [0.5, 0.6) is 5.75 Å². The molecule has 0 aliphatic carbocycles. The molecular formula is C12H18ClNO3S. The fraction of sp³-hybridized carbons (Fsp3) is 0.500. The van der Waals surface area contributed by atoms with Crippen LogP contribution in [-0.2, 0) is 10.0 Å². The molecule has 102 valence electrons. The quantitative estimate of drug-likeness (QED) is 0.877. The van der Waals surface area contributed by atoms with E-state index < -0.39 is 10.0 Å². The number of nitrogens with one attached hydrogen (secondary N) is 1. The highest BCUT2D eigenvalue weighted by molar-refractivity contribution is 7.89. The van der Waals surface area contributed by atoms with Crippen molar-refractivity contribution in [1.29, 1.82) is 0 Å². The molecule has 1 rings (SSSR count). The fourth-order valence-corrected chi connectivity index (χ4v) is 2.94. The van der Waals surface area contributed by atoms with Crippen LogP contribution >= 0.6 is 11.6 Å². The van der Waals surface area contributed by atoms with E-state index in [9.17, 15) is 8.42 Å². The first-order valence-electron chi connectivity index (χ1n) is 5.85. The minimum atomic E-state index is -3.57. The summed E-state index contributed by atoms with van der Waals surface area (Å²) in [6.07, 6.45) is 0.725. The largest absolute Gasteiger partial charge is 0.492 e. The van der Waals surface area contributed by atoms with Crippen LogP contribution in [-0.4, -0.2) is 21.6 Å². The van der Waals surface area contributed by atoms with Gasteiger partial charge in [-0.25, -0.2) is 13.1 Å². The SMILES string of the molecule is CCCNS(=O)(=O)c1cc(Cl)c(C)cc1OCC. The van der Waals surface area contributed by atoms with Crippen LogP contribution < -0.4 is 9.46 Å². The normalized spacial score (nSPS) is 11.6. The van der Waals surface area contributed by atoms with Crippen molar-refractivity contribution < 1.29 is 13.2 Å². The second kappa shape index (κ2) is 6.41. The number of aryl methyl sites for hydroxylation is 1. The van der Waals surface area contributed by atoms with E-state index in [0.717, 1.165) is 12.0 Å². The monoisotopic (exact) mass is 291 g/mol. The van der Waals surface area contributed by atoms with Crippen molar-refractivity contribution in [3.05, 3.63) is 22.7 Å². The van der Waals surface area contributed by atoms with Gasteiger partial charge in [0.15, 0.2) is 0 Å². The third kappa shape index (κ3) is 3.60. The third-order valence-corrected chi connectivity index (χ3v) is 4.25. The molecule has 0 saturated carbocycles. The molecule has 1 N–H and O–H groups in total. The lowest BCUT2D eigenvalue weighted by Crippen LogP contribution is -2.25. The lowest BCUT2D eigenvalue weighted by molar-refractivity contribution is 0.330. The van der Waals surface area contributed by atoms with Crippen molar-refractivity contribution in [2.24, 2.45) is 0 Å². The molecule has 0 radical (unpaired) electrons. The van der Waals surface area contributed by atoms with E-state index in [1.807, 2.05) is 6.92 Å². The van der Waals surface area contributed by atoms with Gasteiger partial charge in [0.1, 0.15) is 10.6 Å². The molecule has 0 aliphatic rings. The molecule has 0 unspecified atom stereocenters. The summed E-state index contributed by atoms with van der Waals surface area (Å²) in [5, 5.41) is 0.412. The zero-order valence-electron chi connectivity index (χ0n) is 10.8. The third-order valence-electron chi connectivity index (χ3n) is 2.36. The van der Waals surface area contributed by atoms with Crippen molar-refractivity contribution in [1.82, 2.24) is 4.72 Å². The number of halogens is 1.